The van der Waals surface area contributed by atoms with E-state index in [9.17, 15) is 4.79 Å². The summed E-state index contributed by atoms with van der Waals surface area (Å²) in [7, 11) is 0. The molecular weight excluding hydrogens is 352 g/mol. The van der Waals surface area contributed by atoms with Crippen LogP contribution in [-0.2, 0) is 13.0 Å². The van der Waals surface area contributed by atoms with Crippen LogP contribution in [0.3, 0.4) is 0 Å². The minimum atomic E-state index is -0.0456. The van der Waals surface area contributed by atoms with E-state index >= 15 is 0 Å². The van der Waals surface area contributed by atoms with E-state index in [0.717, 1.165) is 17.9 Å². The predicted octanol–water partition coefficient (Wildman–Crippen LogP) is 3.82. The molecule has 1 N–H and O–H groups in total. The molecule has 3 aromatic rings. The quantitative estimate of drug-likeness (QED) is 0.735. The normalized spacial score (nSPS) is 13.0. The average Bonchev–Trinajstić information content (AvgIpc) is 2.75. The molecular formula is C22H22N4O2. The van der Waals surface area contributed by atoms with Crippen LogP contribution in [0.15, 0.2) is 60.9 Å². The van der Waals surface area contributed by atoms with Crippen LogP contribution in [0, 0.1) is 0 Å². The van der Waals surface area contributed by atoms with Crippen molar-refractivity contribution in [2.24, 2.45) is 0 Å². The molecule has 2 heterocycles. The first kappa shape index (κ1) is 18.0. The van der Waals surface area contributed by atoms with E-state index in [1.165, 1.54) is 11.1 Å². The molecule has 0 unspecified atom stereocenters. The minimum Gasteiger partial charge on any atom is -0.492 e. The number of anilines is 2. The number of nitrogens with zero attached hydrogens (tertiary/aromatic N) is 3. The summed E-state index contributed by atoms with van der Waals surface area (Å²) in [5.41, 5.74) is 3.79. The summed E-state index contributed by atoms with van der Waals surface area (Å²) in [6.45, 7) is 3.84. The van der Waals surface area contributed by atoms with Gasteiger partial charge >= 0.3 is 0 Å². The summed E-state index contributed by atoms with van der Waals surface area (Å²) >= 11 is 0. The van der Waals surface area contributed by atoms with Gasteiger partial charge in [-0.2, -0.15) is 0 Å². The Morgan fingerprint density at radius 3 is 2.57 bits per heavy atom. The van der Waals surface area contributed by atoms with Crippen LogP contribution in [0.25, 0.3) is 0 Å². The first-order valence-electron chi connectivity index (χ1n) is 9.41. The molecule has 6 nitrogen and oxygen atoms in total. The van der Waals surface area contributed by atoms with Gasteiger partial charge < -0.3 is 15.0 Å². The number of hydrogen-bond acceptors (Lipinski definition) is 5. The number of amides is 1. The van der Waals surface area contributed by atoms with Crippen molar-refractivity contribution in [1.29, 1.82) is 0 Å². The SMILES string of the molecule is CCOc1ccccc1Nc1ncc(C(=O)N2CCc3ccccc3C2)cn1. The Kier molecular flexibility index (Phi) is 5.19. The zero-order valence-corrected chi connectivity index (χ0v) is 15.8. The number of carbonyl (C=O) groups excluding carboxylic acids is 1. The highest BCUT2D eigenvalue weighted by Crippen LogP contribution is 2.26. The van der Waals surface area contributed by atoms with Crippen LogP contribution in [0.1, 0.15) is 28.4 Å². The number of ether oxygens (including phenoxy) is 1. The molecule has 1 amide bonds. The number of rotatable bonds is 5. The Morgan fingerprint density at radius 2 is 1.79 bits per heavy atom. The second-order valence-corrected chi connectivity index (χ2v) is 6.59. The second kappa shape index (κ2) is 8.08. The van der Waals surface area contributed by atoms with Crippen molar-refractivity contribution in [1.82, 2.24) is 14.9 Å². The number of fused-ring (bicyclic) bond motifs is 1. The van der Waals surface area contributed by atoms with Crippen LogP contribution in [0.4, 0.5) is 11.6 Å². The van der Waals surface area contributed by atoms with E-state index in [1.807, 2.05) is 48.2 Å². The summed E-state index contributed by atoms with van der Waals surface area (Å²) in [4.78, 5) is 23.3. The molecule has 0 saturated carbocycles. The van der Waals surface area contributed by atoms with Crippen molar-refractivity contribution in [3.63, 3.8) is 0 Å². The second-order valence-electron chi connectivity index (χ2n) is 6.59. The number of aromatic nitrogens is 2. The monoisotopic (exact) mass is 374 g/mol. The van der Waals surface area contributed by atoms with Crippen LogP contribution >= 0.6 is 0 Å². The van der Waals surface area contributed by atoms with Crippen LogP contribution in [-0.4, -0.2) is 33.9 Å². The van der Waals surface area contributed by atoms with Gasteiger partial charge in [0.15, 0.2) is 0 Å². The highest BCUT2D eigenvalue weighted by Gasteiger charge is 2.22. The zero-order chi connectivity index (χ0) is 19.3. The van der Waals surface area contributed by atoms with Gasteiger partial charge in [0, 0.05) is 25.5 Å². The Bertz CT molecular complexity index is 972. The Labute approximate surface area is 164 Å². The Balaban J connectivity index is 1.46. The van der Waals surface area contributed by atoms with Gasteiger partial charge in [-0.3, -0.25) is 4.79 Å². The molecule has 0 radical (unpaired) electrons. The average molecular weight is 374 g/mol. The van der Waals surface area contributed by atoms with Crippen molar-refractivity contribution >= 4 is 17.5 Å². The summed E-state index contributed by atoms with van der Waals surface area (Å²) in [5.74, 6) is 1.11. The lowest BCUT2D eigenvalue weighted by molar-refractivity contribution is 0.0734. The van der Waals surface area contributed by atoms with Crippen LogP contribution in [0.2, 0.25) is 0 Å². The zero-order valence-electron chi connectivity index (χ0n) is 15.8. The third kappa shape index (κ3) is 3.81. The van der Waals surface area contributed by atoms with Crippen LogP contribution in [0.5, 0.6) is 5.75 Å². The van der Waals surface area contributed by atoms with Crippen molar-refractivity contribution in [3.05, 3.63) is 77.6 Å². The fourth-order valence-corrected chi connectivity index (χ4v) is 3.33. The summed E-state index contributed by atoms with van der Waals surface area (Å²) in [6, 6.07) is 15.9. The first-order valence-corrected chi connectivity index (χ1v) is 9.41. The lowest BCUT2D eigenvalue weighted by atomic mass is 9.99. The molecule has 2 aromatic carbocycles. The van der Waals surface area contributed by atoms with Gasteiger partial charge in [-0.25, -0.2) is 9.97 Å². The molecule has 1 aromatic heterocycles. The van der Waals surface area contributed by atoms with E-state index < -0.39 is 0 Å². The van der Waals surface area contributed by atoms with E-state index in [4.69, 9.17) is 4.74 Å². The van der Waals surface area contributed by atoms with Crippen LogP contribution < -0.4 is 10.1 Å². The highest BCUT2D eigenvalue weighted by atomic mass is 16.5. The smallest absolute Gasteiger partial charge is 0.257 e. The van der Waals surface area contributed by atoms with Gasteiger partial charge in [0.1, 0.15) is 5.75 Å². The van der Waals surface area contributed by atoms with Gasteiger partial charge in [0.05, 0.1) is 17.9 Å². The Morgan fingerprint density at radius 1 is 1.07 bits per heavy atom. The summed E-state index contributed by atoms with van der Waals surface area (Å²) in [6.07, 6.45) is 4.01. The predicted molar refractivity (Wildman–Crippen MR) is 108 cm³/mol. The van der Waals surface area contributed by atoms with Gasteiger partial charge in [0.2, 0.25) is 5.95 Å². The molecule has 0 saturated heterocycles. The molecule has 1 aliphatic heterocycles. The van der Waals surface area contributed by atoms with Crippen molar-refractivity contribution in [2.45, 2.75) is 19.9 Å². The maximum absolute atomic E-state index is 12.8. The third-order valence-corrected chi connectivity index (χ3v) is 4.75. The summed E-state index contributed by atoms with van der Waals surface area (Å²) in [5, 5.41) is 3.14. The number of benzene rings is 2. The maximum Gasteiger partial charge on any atom is 0.257 e. The molecule has 0 spiro atoms. The first-order chi connectivity index (χ1) is 13.7. The lowest BCUT2D eigenvalue weighted by Gasteiger charge is -2.28. The van der Waals surface area contributed by atoms with Crippen molar-refractivity contribution in [2.75, 3.05) is 18.5 Å². The molecule has 6 heteroatoms. The number of hydrogen-bond donors (Lipinski definition) is 1. The minimum absolute atomic E-state index is 0.0456. The number of para-hydroxylation sites is 2. The fraction of sp³-hybridized carbons (Fsp3) is 0.227. The molecule has 0 atom stereocenters. The van der Waals surface area contributed by atoms with Gasteiger partial charge in [0.25, 0.3) is 5.91 Å². The van der Waals surface area contributed by atoms with E-state index in [-0.39, 0.29) is 5.91 Å². The molecule has 142 valence electrons. The highest BCUT2D eigenvalue weighted by molar-refractivity contribution is 5.93. The fourth-order valence-electron chi connectivity index (χ4n) is 3.33. The van der Waals surface area contributed by atoms with E-state index in [2.05, 4.69) is 27.4 Å². The van der Waals surface area contributed by atoms with Crippen molar-refractivity contribution < 1.29 is 9.53 Å². The number of nitrogens with one attached hydrogen (secondary N) is 1. The standard InChI is InChI=1S/C22H22N4O2/c1-2-28-20-10-6-5-9-19(20)25-22-23-13-18(14-24-22)21(27)26-12-11-16-7-3-4-8-17(16)15-26/h3-10,13-14H,2,11-12,15H2,1H3,(H,23,24,25). The molecule has 0 fully saturated rings. The molecule has 0 aliphatic carbocycles. The van der Waals surface area contributed by atoms with E-state index in [1.54, 1.807) is 12.4 Å². The van der Waals surface area contributed by atoms with Gasteiger partial charge in [-0.1, -0.05) is 36.4 Å². The summed E-state index contributed by atoms with van der Waals surface area (Å²) < 4.78 is 5.60. The van der Waals surface area contributed by atoms with Crippen molar-refractivity contribution in [3.8, 4) is 5.75 Å². The number of carbonyl (C=O) groups is 1. The molecule has 28 heavy (non-hydrogen) atoms. The molecule has 0 bridgehead atoms. The lowest BCUT2D eigenvalue weighted by Crippen LogP contribution is -2.36. The third-order valence-electron chi connectivity index (χ3n) is 4.75. The maximum atomic E-state index is 12.8. The Hall–Kier alpha value is -3.41. The van der Waals surface area contributed by atoms with E-state index in [0.29, 0.717) is 31.2 Å². The topological polar surface area (TPSA) is 67.3 Å². The molecule has 4 rings (SSSR count). The van der Waals surface area contributed by atoms with Gasteiger partial charge in [-0.15, -0.1) is 0 Å². The van der Waals surface area contributed by atoms with Gasteiger partial charge in [-0.05, 0) is 36.6 Å². The molecule has 1 aliphatic rings. The largest absolute Gasteiger partial charge is 0.492 e.